The number of pyridine rings is 1. The second-order valence-electron chi connectivity index (χ2n) is 6.75. The Morgan fingerprint density at radius 3 is 2.44 bits per heavy atom. The zero-order valence-electron chi connectivity index (χ0n) is 14.7. The minimum atomic E-state index is 0.00710. The third kappa shape index (κ3) is 4.20. The molecule has 1 amide bonds. The van der Waals surface area contributed by atoms with Gasteiger partial charge in [-0.25, -0.2) is 0 Å². The number of nitrogens with zero attached hydrogens (tertiary/aromatic N) is 3. The molecule has 1 fully saturated rings. The normalized spacial score (nSPS) is 16.2. The monoisotopic (exact) mass is 357 g/mol. The van der Waals surface area contributed by atoms with E-state index in [0.29, 0.717) is 16.6 Å². The Balaban J connectivity index is 1.86. The molecular formula is C20H24ClN3O. The summed E-state index contributed by atoms with van der Waals surface area (Å²) in [5.74, 6) is 0.00710. The fraction of sp³-hybridized carbons (Fsp3) is 0.400. The van der Waals surface area contributed by atoms with Gasteiger partial charge in [0.25, 0.3) is 5.91 Å². The van der Waals surface area contributed by atoms with Crippen molar-refractivity contribution in [1.82, 2.24) is 9.88 Å². The summed E-state index contributed by atoms with van der Waals surface area (Å²) in [5.41, 5.74) is 1.50. The number of carbonyl (C=O) groups is 1. The topological polar surface area (TPSA) is 36.4 Å². The predicted octanol–water partition coefficient (Wildman–Crippen LogP) is 4.25. The van der Waals surface area contributed by atoms with Crippen LogP contribution in [0.5, 0.6) is 0 Å². The van der Waals surface area contributed by atoms with E-state index in [-0.39, 0.29) is 11.9 Å². The van der Waals surface area contributed by atoms with Gasteiger partial charge in [-0.2, -0.15) is 0 Å². The first kappa shape index (κ1) is 17.9. The molecule has 3 rings (SSSR count). The highest BCUT2D eigenvalue weighted by Crippen LogP contribution is 2.26. The van der Waals surface area contributed by atoms with Crippen LogP contribution in [0, 0.1) is 0 Å². The molecule has 0 bridgehead atoms. The fourth-order valence-electron chi connectivity index (χ4n) is 3.38. The number of rotatable bonds is 4. The zero-order chi connectivity index (χ0) is 17.8. The van der Waals surface area contributed by atoms with Gasteiger partial charge in [0, 0.05) is 42.0 Å². The van der Waals surface area contributed by atoms with Crippen molar-refractivity contribution in [3.05, 3.63) is 59.4 Å². The van der Waals surface area contributed by atoms with Crippen LogP contribution >= 0.6 is 11.6 Å². The lowest BCUT2D eigenvalue weighted by Crippen LogP contribution is -2.49. The molecule has 2 aromatic rings. The molecule has 0 saturated carbocycles. The van der Waals surface area contributed by atoms with Gasteiger partial charge < -0.3 is 9.80 Å². The molecule has 0 N–H and O–H groups in total. The van der Waals surface area contributed by atoms with Crippen LogP contribution in [0.25, 0.3) is 0 Å². The molecule has 1 aromatic heterocycles. The average molecular weight is 358 g/mol. The van der Waals surface area contributed by atoms with Gasteiger partial charge >= 0.3 is 0 Å². The quantitative estimate of drug-likeness (QED) is 0.820. The van der Waals surface area contributed by atoms with Crippen molar-refractivity contribution in [2.45, 2.75) is 38.8 Å². The third-order valence-electron chi connectivity index (χ3n) is 4.83. The second-order valence-corrected chi connectivity index (χ2v) is 7.19. The molecular weight excluding hydrogens is 334 g/mol. The van der Waals surface area contributed by atoms with Crippen molar-refractivity contribution in [3.8, 4) is 0 Å². The molecule has 1 aliphatic heterocycles. The Hall–Kier alpha value is -1.91. The van der Waals surface area contributed by atoms with Crippen LogP contribution in [0.1, 0.15) is 37.0 Å². The van der Waals surface area contributed by atoms with Gasteiger partial charge in [0.05, 0.1) is 11.9 Å². The van der Waals surface area contributed by atoms with E-state index in [9.17, 15) is 4.79 Å². The number of hydrogen-bond acceptors (Lipinski definition) is 3. The Bertz CT molecular complexity index is 695. The van der Waals surface area contributed by atoms with E-state index in [0.717, 1.165) is 31.6 Å². The van der Waals surface area contributed by atoms with Gasteiger partial charge in [0.1, 0.15) is 0 Å². The van der Waals surface area contributed by atoms with Gasteiger partial charge in [-0.1, -0.05) is 11.6 Å². The van der Waals surface area contributed by atoms with E-state index in [1.807, 2.05) is 17.0 Å². The van der Waals surface area contributed by atoms with E-state index in [2.05, 4.69) is 23.7 Å². The van der Waals surface area contributed by atoms with E-state index in [1.165, 1.54) is 0 Å². The molecule has 5 heteroatoms. The summed E-state index contributed by atoms with van der Waals surface area (Å²) in [6.45, 7) is 6.45. The number of aromatic nitrogens is 1. The van der Waals surface area contributed by atoms with Crippen molar-refractivity contribution >= 4 is 23.2 Å². The molecule has 0 atom stereocenters. The number of anilines is 1. The van der Waals surface area contributed by atoms with Gasteiger partial charge in [-0.15, -0.1) is 0 Å². The molecule has 2 heterocycles. The van der Waals surface area contributed by atoms with Gasteiger partial charge in [0.15, 0.2) is 0 Å². The molecule has 4 nitrogen and oxygen atoms in total. The van der Waals surface area contributed by atoms with E-state index < -0.39 is 0 Å². The first-order chi connectivity index (χ1) is 12.1. The molecule has 25 heavy (non-hydrogen) atoms. The van der Waals surface area contributed by atoms with Crippen LogP contribution in [0.3, 0.4) is 0 Å². The summed E-state index contributed by atoms with van der Waals surface area (Å²) in [6, 6.07) is 11.7. The maximum Gasteiger partial charge on any atom is 0.258 e. The maximum absolute atomic E-state index is 13.2. The van der Waals surface area contributed by atoms with E-state index in [4.69, 9.17) is 11.6 Å². The van der Waals surface area contributed by atoms with Crippen molar-refractivity contribution in [2.24, 2.45) is 0 Å². The number of benzene rings is 1. The SMILES string of the molecule is CC(C)N1CCC(N(C(=O)c2ccc(Cl)cc2)c2cccnc2)CC1. The molecule has 1 aromatic carbocycles. The third-order valence-corrected chi connectivity index (χ3v) is 5.08. The first-order valence-corrected chi connectivity index (χ1v) is 9.17. The minimum Gasteiger partial charge on any atom is -0.304 e. The molecule has 0 unspecified atom stereocenters. The van der Waals surface area contributed by atoms with Crippen LogP contribution < -0.4 is 4.90 Å². The fourth-order valence-corrected chi connectivity index (χ4v) is 3.51. The molecule has 1 aliphatic rings. The number of halogens is 1. The number of amides is 1. The summed E-state index contributed by atoms with van der Waals surface area (Å²) in [6.07, 6.45) is 5.43. The molecule has 132 valence electrons. The number of likely N-dealkylation sites (tertiary alicyclic amines) is 1. The van der Waals surface area contributed by atoms with Gasteiger partial charge in [0.2, 0.25) is 0 Å². The van der Waals surface area contributed by atoms with Crippen molar-refractivity contribution in [2.75, 3.05) is 18.0 Å². The Kier molecular flexibility index (Phi) is 5.71. The predicted molar refractivity (Wildman–Crippen MR) is 102 cm³/mol. The van der Waals surface area contributed by atoms with Crippen LogP contribution in [-0.4, -0.2) is 41.0 Å². The Morgan fingerprint density at radius 1 is 1.20 bits per heavy atom. The highest BCUT2D eigenvalue weighted by molar-refractivity contribution is 6.30. The molecule has 0 spiro atoms. The summed E-state index contributed by atoms with van der Waals surface area (Å²) < 4.78 is 0. The Labute approximate surface area is 154 Å². The maximum atomic E-state index is 13.2. The van der Waals surface area contributed by atoms with Crippen molar-refractivity contribution in [1.29, 1.82) is 0 Å². The summed E-state index contributed by atoms with van der Waals surface area (Å²) in [7, 11) is 0. The van der Waals surface area contributed by atoms with Crippen LogP contribution in [-0.2, 0) is 0 Å². The lowest BCUT2D eigenvalue weighted by molar-refractivity contribution is 0.0953. The molecule has 0 aliphatic carbocycles. The smallest absolute Gasteiger partial charge is 0.258 e. The standard InChI is InChI=1S/C20H24ClN3O/c1-15(2)23-12-9-18(10-13-23)24(19-4-3-11-22-14-19)20(25)16-5-7-17(21)8-6-16/h3-8,11,14-15,18H,9-10,12-13H2,1-2H3. The Morgan fingerprint density at radius 2 is 1.88 bits per heavy atom. The number of carbonyl (C=O) groups excluding carboxylic acids is 1. The largest absolute Gasteiger partial charge is 0.304 e. The highest BCUT2D eigenvalue weighted by Gasteiger charge is 2.30. The summed E-state index contributed by atoms with van der Waals surface area (Å²) in [4.78, 5) is 21.8. The van der Waals surface area contributed by atoms with Crippen LogP contribution in [0.2, 0.25) is 5.02 Å². The van der Waals surface area contributed by atoms with Crippen molar-refractivity contribution < 1.29 is 4.79 Å². The van der Waals surface area contributed by atoms with Gasteiger partial charge in [-0.3, -0.25) is 9.78 Å². The highest BCUT2D eigenvalue weighted by atomic mass is 35.5. The number of hydrogen-bond donors (Lipinski definition) is 0. The minimum absolute atomic E-state index is 0.00710. The zero-order valence-corrected chi connectivity index (χ0v) is 15.5. The lowest BCUT2D eigenvalue weighted by atomic mass is 10.00. The van der Waals surface area contributed by atoms with E-state index >= 15 is 0 Å². The van der Waals surface area contributed by atoms with E-state index in [1.54, 1.807) is 36.7 Å². The van der Waals surface area contributed by atoms with Crippen LogP contribution in [0.4, 0.5) is 5.69 Å². The first-order valence-electron chi connectivity index (χ1n) is 8.79. The molecule has 0 radical (unpaired) electrons. The average Bonchev–Trinajstić information content (AvgIpc) is 2.64. The summed E-state index contributed by atoms with van der Waals surface area (Å²) >= 11 is 5.97. The number of piperidine rings is 1. The lowest BCUT2D eigenvalue weighted by Gasteiger charge is -2.40. The molecule has 1 saturated heterocycles. The van der Waals surface area contributed by atoms with Crippen molar-refractivity contribution in [3.63, 3.8) is 0 Å². The second kappa shape index (κ2) is 7.98. The van der Waals surface area contributed by atoms with Gasteiger partial charge in [-0.05, 0) is 63.1 Å². The van der Waals surface area contributed by atoms with Crippen LogP contribution in [0.15, 0.2) is 48.8 Å². The summed E-state index contributed by atoms with van der Waals surface area (Å²) in [5, 5.41) is 0.634.